The van der Waals surface area contributed by atoms with Crippen molar-refractivity contribution in [3.63, 3.8) is 0 Å². The van der Waals surface area contributed by atoms with E-state index in [-0.39, 0.29) is 10.9 Å². The zero-order chi connectivity index (χ0) is 18.2. The van der Waals surface area contributed by atoms with E-state index in [4.69, 9.17) is 22.2 Å². The fraction of sp³-hybridized carbons (Fsp3) is 0.118. The van der Waals surface area contributed by atoms with Crippen molar-refractivity contribution in [3.05, 3.63) is 59.9 Å². The van der Waals surface area contributed by atoms with Gasteiger partial charge in [-0.3, -0.25) is 15.6 Å². The van der Waals surface area contributed by atoms with E-state index < -0.39 is 12.0 Å². The number of ether oxygens (including phenoxy) is 1. The minimum atomic E-state index is -0.783. The summed E-state index contributed by atoms with van der Waals surface area (Å²) in [5.74, 6) is -0.326. The molecule has 0 saturated carbocycles. The van der Waals surface area contributed by atoms with Gasteiger partial charge in [0, 0.05) is 5.69 Å². The molecule has 0 bridgehead atoms. The number of amides is 1. The smallest absolute Gasteiger partial charge is 0.279 e. The summed E-state index contributed by atoms with van der Waals surface area (Å²) in [6.45, 7) is 1.58. The molecular weight excluding hydrogens is 343 g/mol. The average Bonchev–Trinajstić information content (AvgIpc) is 2.62. The van der Waals surface area contributed by atoms with Crippen molar-refractivity contribution >= 4 is 28.9 Å². The molecule has 0 spiro atoms. The molecule has 2 aromatic rings. The van der Waals surface area contributed by atoms with Crippen LogP contribution in [-0.2, 0) is 4.79 Å². The zero-order valence-electron chi connectivity index (χ0n) is 13.2. The van der Waals surface area contributed by atoms with Gasteiger partial charge in [-0.2, -0.15) is 5.26 Å². The minimum Gasteiger partial charge on any atom is -0.481 e. The molecule has 1 amide bonds. The summed E-state index contributed by atoms with van der Waals surface area (Å²) >= 11 is 5.03. The van der Waals surface area contributed by atoms with Gasteiger partial charge in [0.15, 0.2) is 11.2 Å². The van der Waals surface area contributed by atoms with E-state index in [9.17, 15) is 9.18 Å². The van der Waals surface area contributed by atoms with E-state index in [1.165, 1.54) is 24.3 Å². The summed E-state index contributed by atoms with van der Waals surface area (Å²) in [7, 11) is 0. The molecular formula is C17H15FN4O2S. The van der Waals surface area contributed by atoms with Crippen molar-refractivity contribution in [1.82, 2.24) is 10.9 Å². The number of carbonyl (C=O) groups is 1. The van der Waals surface area contributed by atoms with Crippen molar-refractivity contribution in [1.29, 1.82) is 5.26 Å². The highest BCUT2D eigenvalue weighted by Crippen LogP contribution is 2.13. The molecule has 1 atom stereocenters. The van der Waals surface area contributed by atoms with Crippen LogP contribution in [0.3, 0.4) is 0 Å². The van der Waals surface area contributed by atoms with Gasteiger partial charge in [-0.05, 0) is 67.7 Å². The number of anilines is 1. The first-order chi connectivity index (χ1) is 12.0. The number of hydrogen-bond donors (Lipinski definition) is 3. The van der Waals surface area contributed by atoms with Gasteiger partial charge in [-0.25, -0.2) is 4.39 Å². The molecule has 0 aromatic heterocycles. The topological polar surface area (TPSA) is 86.2 Å². The Morgan fingerprint density at radius 2 is 1.80 bits per heavy atom. The fourth-order valence-corrected chi connectivity index (χ4v) is 1.95. The Bertz CT molecular complexity index is 788. The molecule has 6 nitrogen and oxygen atoms in total. The van der Waals surface area contributed by atoms with Gasteiger partial charge >= 0.3 is 0 Å². The lowest BCUT2D eigenvalue weighted by molar-refractivity contribution is -0.127. The Hall–Kier alpha value is -3.18. The van der Waals surface area contributed by atoms with Crippen LogP contribution in [-0.4, -0.2) is 17.1 Å². The molecule has 0 heterocycles. The molecule has 25 heavy (non-hydrogen) atoms. The van der Waals surface area contributed by atoms with Crippen molar-refractivity contribution in [2.45, 2.75) is 13.0 Å². The highest BCUT2D eigenvalue weighted by atomic mass is 32.1. The number of halogens is 1. The van der Waals surface area contributed by atoms with Crippen LogP contribution in [0.25, 0.3) is 0 Å². The number of thiocarbonyl (C=S) groups is 1. The van der Waals surface area contributed by atoms with E-state index in [2.05, 4.69) is 16.2 Å². The molecule has 0 aliphatic heterocycles. The summed E-state index contributed by atoms with van der Waals surface area (Å²) in [5.41, 5.74) is 6.03. The SMILES string of the molecule is C[C@@H](Oc1ccc(C#N)cc1)C(=O)NNC(=S)Nc1ccc(F)cc1. The van der Waals surface area contributed by atoms with Crippen LogP contribution in [0.2, 0.25) is 0 Å². The number of carbonyl (C=O) groups excluding carboxylic acids is 1. The number of nitriles is 1. The van der Waals surface area contributed by atoms with Crippen LogP contribution in [0.5, 0.6) is 5.75 Å². The summed E-state index contributed by atoms with van der Waals surface area (Å²) in [6, 6.07) is 14.0. The number of nitrogens with one attached hydrogen (secondary N) is 3. The zero-order valence-corrected chi connectivity index (χ0v) is 14.1. The second-order valence-electron chi connectivity index (χ2n) is 4.97. The summed E-state index contributed by atoms with van der Waals surface area (Å²) in [4.78, 5) is 12.0. The first-order valence-corrected chi connectivity index (χ1v) is 7.68. The molecule has 128 valence electrons. The second-order valence-corrected chi connectivity index (χ2v) is 5.38. The van der Waals surface area contributed by atoms with Gasteiger partial charge in [0.05, 0.1) is 11.6 Å². The summed E-state index contributed by atoms with van der Waals surface area (Å²) in [5, 5.41) is 11.7. The Morgan fingerprint density at radius 3 is 2.40 bits per heavy atom. The molecule has 0 saturated heterocycles. The van der Waals surface area contributed by atoms with E-state index >= 15 is 0 Å². The van der Waals surface area contributed by atoms with Gasteiger partial charge < -0.3 is 10.1 Å². The minimum absolute atomic E-state index is 0.144. The fourth-order valence-electron chi connectivity index (χ4n) is 1.78. The first kappa shape index (κ1) is 18.2. The number of benzene rings is 2. The quantitative estimate of drug-likeness (QED) is 0.575. The number of hydrogen-bond acceptors (Lipinski definition) is 4. The highest BCUT2D eigenvalue weighted by Gasteiger charge is 2.14. The lowest BCUT2D eigenvalue weighted by Crippen LogP contribution is -2.48. The third kappa shape index (κ3) is 5.75. The Balaban J connectivity index is 1.79. The van der Waals surface area contributed by atoms with E-state index in [1.807, 2.05) is 6.07 Å². The van der Waals surface area contributed by atoms with Gasteiger partial charge in [-0.15, -0.1) is 0 Å². The molecule has 0 aliphatic rings. The largest absolute Gasteiger partial charge is 0.481 e. The molecule has 0 unspecified atom stereocenters. The highest BCUT2D eigenvalue weighted by molar-refractivity contribution is 7.80. The van der Waals surface area contributed by atoms with E-state index in [1.54, 1.807) is 31.2 Å². The van der Waals surface area contributed by atoms with Crippen LogP contribution < -0.4 is 20.9 Å². The van der Waals surface area contributed by atoms with Crippen LogP contribution >= 0.6 is 12.2 Å². The summed E-state index contributed by atoms with van der Waals surface area (Å²) < 4.78 is 18.3. The Labute approximate surface area is 149 Å². The normalized spacial score (nSPS) is 10.9. The van der Waals surface area contributed by atoms with Crippen molar-refractivity contribution < 1.29 is 13.9 Å². The molecule has 3 N–H and O–H groups in total. The predicted octanol–water partition coefficient (Wildman–Crippen LogP) is 2.48. The number of nitrogens with zero attached hydrogens (tertiary/aromatic N) is 1. The van der Waals surface area contributed by atoms with Crippen LogP contribution in [0, 0.1) is 17.1 Å². The molecule has 8 heteroatoms. The molecule has 2 rings (SSSR count). The van der Waals surface area contributed by atoms with E-state index in [0.717, 1.165) is 0 Å². The first-order valence-electron chi connectivity index (χ1n) is 7.27. The summed E-state index contributed by atoms with van der Waals surface area (Å²) in [6.07, 6.45) is -0.783. The maximum Gasteiger partial charge on any atom is 0.279 e. The van der Waals surface area contributed by atoms with Crippen molar-refractivity contribution in [2.24, 2.45) is 0 Å². The lowest BCUT2D eigenvalue weighted by Gasteiger charge is -2.16. The molecule has 0 aliphatic carbocycles. The average molecular weight is 358 g/mol. The Morgan fingerprint density at radius 1 is 1.16 bits per heavy atom. The van der Waals surface area contributed by atoms with E-state index in [0.29, 0.717) is 17.0 Å². The van der Waals surface area contributed by atoms with Crippen LogP contribution in [0.1, 0.15) is 12.5 Å². The van der Waals surface area contributed by atoms with Crippen LogP contribution in [0.4, 0.5) is 10.1 Å². The van der Waals surface area contributed by atoms with Crippen molar-refractivity contribution in [2.75, 3.05) is 5.32 Å². The van der Waals surface area contributed by atoms with Gasteiger partial charge in [0.1, 0.15) is 11.6 Å². The van der Waals surface area contributed by atoms with Gasteiger partial charge in [-0.1, -0.05) is 0 Å². The predicted molar refractivity (Wildman–Crippen MR) is 95.1 cm³/mol. The van der Waals surface area contributed by atoms with Crippen LogP contribution in [0.15, 0.2) is 48.5 Å². The molecule has 0 fully saturated rings. The third-order valence-corrected chi connectivity index (χ3v) is 3.27. The lowest BCUT2D eigenvalue weighted by atomic mass is 10.2. The number of hydrazine groups is 1. The Kier molecular flexibility index (Phi) is 6.26. The van der Waals surface area contributed by atoms with Gasteiger partial charge in [0.25, 0.3) is 5.91 Å². The number of rotatable bonds is 4. The maximum absolute atomic E-state index is 12.8. The third-order valence-electron chi connectivity index (χ3n) is 3.07. The maximum atomic E-state index is 12.8. The van der Waals surface area contributed by atoms with Gasteiger partial charge in [0.2, 0.25) is 0 Å². The molecule has 0 radical (unpaired) electrons. The standard InChI is InChI=1S/C17H15FN4O2S/c1-11(24-15-8-2-12(10-19)3-9-15)16(23)21-22-17(25)20-14-6-4-13(18)5-7-14/h2-9,11H,1H3,(H,21,23)(H2,20,22,25)/t11-/m1/s1. The monoisotopic (exact) mass is 358 g/mol. The molecule has 2 aromatic carbocycles. The second kappa shape index (κ2) is 8.61. The van der Waals surface area contributed by atoms with Crippen molar-refractivity contribution in [3.8, 4) is 11.8 Å².